The number of fused-ring (bicyclic) bond motifs is 2. The van der Waals surface area contributed by atoms with Gasteiger partial charge >= 0.3 is 0 Å². The van der Waals surface area contributed by atoms with Gasteiger partial charge in [-0.2, -0.15) is 0 Å². The highest BCUT2D eigenvalue weighted by atomic mass is 35.5. The van der Waals surface area contributed by atoms with E-state index in [1.54, 1.807) is 6.07 Å². The second kappa shape index (κ2) is 9.82. The van der Waals surface area contributed by atoms with Crippen LogP contribution >= 0.6 is 11.6 Å². The van der Waals surface area contributed by atoms with E-state index in [1.165, 1.54) is 12.5 Å². The van der Waals surface area contributed by atoms with E-state index >= 15 is 0 Å². The van der Waals surface area contributed by atoms with Gasteiger partial charge in [0.2, 0.25) is 5.88 Å². The number of hydrogen-bond acceptors (Lipinski definition) is 9. The maximum Gasteiger partial charge on any atom is 0.233 e. The van der Waals surface area contributed by atoms with Crippen LogP contribution in [0.15, 0.2) is 27.6 Å². The Kier molecular flexibility index (Phi) is 6.90. The molecule has 0 bridgehead atoms. The first kappa shape index (κ1) is 25.3. The van der Waals surface area contributed by atoms with Gasteiger partial charge in [-0.15, -0.1) is 0 Å². The van der Waals surface area contributed by atoms with Crippen LogP contribution in [0.25, 0.3) is 0 Å². The Morgan fingerprint density at radius 1 is 1.19 bits per heavy atom. The molecule has 194 valence electrons. The van der Waals surface area contributed by atoms with Crippen LogP contribution in [0.3, 0.4) is 0 Å². The second-order valence-electron chi connectivity index (χ2n) is 9.04. The van der Waals surface area contributed by atoms with E-state index in [2.05, 4.69) is 14.3 Å². The molecule has 0 saturated carbocycles. The van der Waals surface area contributed by atoms with Gasteiger partial charge in [0, 0.05) is 22.2 Å². The number of benzene rings is 1. The Morgan fingerprint density at radius 2 is 1.92 bits per heavy atom. The van der Waals surface area contributed by atoms with Gasteiger partial charge in [0.15, 0.2) is 12.0 Å². The van der Waals surface area contributed by atoms with Gasteiger partial charge in [-0.05, 0) is 23.8 Å². The van der Waals surface area contributed by atoms with Crippen molar-refractivity contribution in [2.45, 2.75) is 44.0 Å². The minimum atomic E-state index is -2.39. The van der Waals surface area contributed by atoms with Crippen molar-refractivity contribution in [1.82, 2.24) is 4.98 Å². The molecule has 3 aliphatic heterocycles. The molecule has 9 nitrogen and oxygen atoms in total. The molecule has 2 aromatic rings. The molecule has 1 N–H and O–H groups in total. The van der Waals surface area contributed by atoms with Gasteiger partial charge in [0.1, 0.15) is 41.6 Å². The number of pyridine rings is 1. The summed E-state index contributed by atoms with van der Waals surface area (Å²) in [6, 6.07) is 3.82. The zero-order valence-corrected chi connectivity index (χ0v) is 21.0. The average Bonchev–Trinajstić information content (AvgIpc) is 3.48. The number of ether oxygens (including phenoxy) is 4. The molecule has 4 atom stereocenters. The molecule has 2 saturated heterocycles. The number of aliphatic hydroxyl groups is 1. The summed E-state index contributed by atoms with van der Waals surface area (Å²) in [5, 5.41) is 10.0. The van der Waals surface area contributed by atoms with Crippen LogP contribution in [0.1, 0.15) is 16.8 Å². The standard InChI is InChI=1S/C23H24ClF2N3O6S/c1-36(2,31)27-7-11-3-14(25)12(15(26)4-11)8-34-23-13(24)5-16-17(29-23)6-20(28-16)35-19-10-33-21-18(30)9-32-22(19)21/h3-5,18-19,21-22,30H,6-10H2,1-2H3/t18-,19-,21-,22-/m1/s1. The molecule has 1 aromatic heterocycles. The van der Waals surface area contributed by atoms with Crippen molar-refractivity contribution in [1.29, 1.82) is 0 Å². The van der Waals surface area contributed by atoms with Crippen LogP contribution in [0.2, 0.25) is 5.02 Å². The lowest BCUT2D eigenvalue weighted by Crippen LogP contribution is -2.34. The SMILES string of the molecule is CS(C)(=O)=NCc1cc(F)c(COc2nc3c(cc2Cl)N=C(O[C@@H]2CO[C@H]4[C@@H]2OC[C@H]4O)C3)c(F)c1. The highest BCUT2D eigenvalue weighted by Crippen LogP contribution is 2.36. The van der Waals surface area contributed by atoms with Crippen LogP contribution in [-0.4, -0.2) is 70.3 Å². The van der Waals surface area contributed by atoms with Crippen molar-refractivity contribution in [3.63, 3.8) is 0 Å². The molecule has 5 rings (SSSR count). The van der Waals surface area contributed by atoms with Gasteiger partial charge in [-0.3, -0.25) is 4.21 Å². The van der Waals surface area contributed by atoms with Gasteiger partial charge < -0.3 is 24.1 Å². The van der Waals surface area contributed by atoms with E-state index < -0.39 is 46.3 Å². The third kappa shape index (κ3) is 5.32. The number of hydrogen-bond donors (Lipinski definition) is 1. The molecule has 4 heterocycles. The fourth-order valence-corrected chi connectivity index (χ4v) is 4.85. The Labute approximate surface area is 211 Å². The molecule has 0 amide bonds. The van der Waals surface area contributed by atoms with E-state index in [4.69, 9.17) is 30.5 Å². The van der Waals surface area contributed by atoms with E-state index in [0.29, 0.717) is 17.3 Å². The Bertz CT molecular complexity index is 1320. The molecule has 0 radical (unpaired) electrons. The molecular formula is C23H24ClF2N3O6S. The summed E-state index contributed by atoms with van der Waals surface area (Å²) < 4.78 is 67.4. The topological polar surface area (TPSA) is 112 Å². The lowest BCUT2D eigenvalue weighted by Gasteiger charge is -2.17. The van der Waals surface area contributed by atoms with Crippen molar-refractivity contribution in [2.75, 3.05) is 25.7 Å². The first-order valence-corrected chi connectivity index (χ1v) is 13.9. The maximum absolute atomic E-state index is 14.6. The lowest BCUT2D eigenvalue weighted by molar-refractivity contribution is 0.00558. The summed E-state index contributed by atoms with van der Waals surface area (Å²) >= 11 is 6.28. The zero-order valence-electron chi connectivity index (χ0n) is 19.4. The van der Waals surface area contributed by atoms with Gasteiger partial charge in [-0.1, -0.05) is 11.6 Å². The molecular weight excluding hydrogens is 520 g/mol. The van der Waals surface area contributed by atoms with Crippen LogP contribution in [-0.2, 0) is 43.5 Å². The highest BCUT2D eigenvalue weighted by Gasteiger charge is 2.49. The summed E-state index contributed by atoms with van der Waals surface area (Å²) in [5.74, 6) is -1.22. The third-order valence-electron chi connectivity index (χ3n) is 5.95. The van der Waals surface area contributed by atoms with E-state index in [1.807, 2.05) is 0 Å². The molecule has 36 heavy (non-hydrogen) atoms. The number of halogens is 3. The summed E-state index contributed by atoms with van der Waals surface area (Å²) in [6.45, 7) is -0.0435. The number of aliphatic imine (C=N–C) groups is 1. The Hall–Kier alpha value is -2.38. The third-order valence-corrected chi connectivity index (χ3v) is 6.97. The van der Waals surface area contributed by atoms with Crippen molar-refractivity contribution in [3.05, 3.63) is 51.7 Å². The van der Waals surface area contributed by atoms with E-state index in [9.17, 15) is 18.1 Å². The predicted octanol–water partition coefficient (Wildman–Crippen LogP) is 2.95. The number of aliphatic hydroxyl groups excluding tert-OH is 1. The normalized spacial score (nSPS) is 24.9. The largest absolute Gasteiger partial charge is 0.472 e. The molecule has 3 aliphatic rings. The van der Waals surface area contributed by atoms with Crippen molar-refractivity contribution in [2.24, 2.45) is 9.36 Å². The van der Waals surface area contributed by atoms with Crippen LogP contribution < -0.4 is 4.74 Å². The fourth-order valence-electron chi connectivity index (χ4n) is 4.19. The zero-order chi connectivity index (χ0) is 25.6. The number of nitrogens with zero attached hydrogens (tertiary/aromatic N) is 3. The summed E-state index contributed by atoms with van der Waals surface area (Å²) in [7, 11) is -2.39. The van der Waals surface area contributed by atoms with Gasteiger partial charge in [-0.25, -0.2) is 23.1 Å². The first-order valence-electron chi connectivity index (χ1n) is 11.1. The molecule has 0 aliphatic carbocycles. The monoisotopic (exact) mass is 543 g/mol. The summed E-state index contributed by atoms with van der Waals surface area (Å²) in [4.78, 5) is 8.77. The lowest BCUT2D eigenvalue weighted by atomic mass is 10.1. The quantitative estimate of drug-likeness (QED) is 0.596. The molecule has 2 fully saturated rings. The minimum absolute atomic E-state index is 0.00737. The van der Waals surface area contributed by atoms with Crippen LogP contribution in [0.4, 0.5) is 14.5 Å². The molecule has 0 unspecified atom stereocenters. The minimum Gasteiger partial charge on any atom is -0.472 e. The van der Waals surface area contributed by atoms with Gasteiger partial charge in [0.05, 0.1) is 43.1 Å². The van der Waals surface area contributed by atoms with Gasteiger partial charge in [0.25, 0.3) is 0 Å². The maximum atomic E-state index is 14.6. The number of rotatable bonds is 6. The molecule has 13 heteroatoms. The van der Waals surface area contributed by atoms with Crippen molar-refractivity contribution in [3.8, 4) is 5.88 Å². The van der Waals surface area contributed by atoms with Crippen LogP contribution in [0.5, 0.6) is 5.88 Å². The summed E-state index contributed by atoms with van der Waals surface area (Å²) in [6.07, 6.45) is 1.27. The molecule has 0 spiro atoms. The number of aromatic nitrogens is 1. The summed E-state index contributed by atoms with van der Waals surface area (Å²) in [5.41, 5.74) is 1.01. The molecule has 1 aromatic carbocycles. The van der Waals surface area contributed by atoms with Crippen molar-refractivity contribution >= 4 is 32.9 Å². The van der Waals surface area contributed by atoms with Crippen molar-refractivity contribution < 1.29 is 37.0 Å². The Morgan fingerprint density at radius 3 is 2.64 bits per heavy atom. The first-order chi connectivity index (χ1) is 17.1. The average molecular weight is 544 g/mol. The Balaban J connectivity index is 1.24. The van der Waals surface area contributed by atoms with Crippen LogP contribution in [0, 0.1) is 11.6 Å². The fraction of sp³-hybridized carbons (Fsp3) is 0.478. The highest BCUT2D eigenvalue weighted by molar-refractivity contribution is 7.92. The smallest absolute Gasteiger partial charge is 0.233 e. The predicted molar refractivity (Wildman–Crippen MR) is 127 cm³/mol. The van der Waals surface area contributed by atoms with E-state index in [0.717, 1.165) is 12.1 Å². The second-order valence-corrected chi connectivity index (χ2v) is 12.1. The van der Waals surface area contributed by atoms with E-state index in [-0.39, 0.29) is 54.3 Å².